The minimum Gasteiger partial charge on any atom is -0.449 e. The van der Waals surface area contributed by atoms with Gasteiger partial charge in [0.2, 0.25) is 5.91 Å². The number of halogens is 1. The normalized spacial score (nSPS) is 12.6. The van der Waals surface area contributed by atoms with Crippen molar-refractivity contribution in [3.8, 4) is 0 Å². The van der Waals surface area contributed by atoms with Gasteiger partial charge in [0.05, 0.1) is 11.6 Å². The van der Waals surface area contributed by atoms with Crippen LogP contribution < -0.4 is 10.6 Å². The molecule has 28 heavy (non-hydrogen) atoms. The first kappa shape index (κ1) is 21.1. The van der Waals surface area contributed by atoms with Gasteiger partial charge in [-0.1, -0.05) is 24.3 Å². The largest absolute Gasteiger partial charge is 0.449 e. The molecule has 0 fully saturated rings. The Hall–Kier alpha value is -3.22. The summed E-state index contributed by atoms with van der Waals surface area (Å²) in [5.41, 5.74) is 1.88. The Kier molecular flexibility index (Phi) is 7.26. The van der Waals surface area contributed by atoms with E-state index in [0.29, 0.717) is 12.1 Å². The summed E-state index contributed by atoms with van der Waals surface area (Å²) in [6.07, 6.45) is -0.991. The highest BCUT2D eigenvalue weighted by molar-refractivity contribution is 5.92. The van der Waals surface area contributed by atoms with E-state index in [2.05, 4.69) is 10.6 Å². The minimum atomic E-state index is -0.991. The maximum absolute atomic E-state index is 13.0. The molecule has 0 aromatic heterocycles. The fraction of sp³-hybridized carbons (Fsp3) is 0.286. The quantitative estimate of drug-likeness (QED) is 0.717. The van der Waals surface area contributed by atoms with Crippen LogP contribution >= 0.6 is 0 Å². The Morgan fingerprint density at radius 1 is 1.00 bits per heavy atom. The zero-order chi connectivity index (χ0) is 20.7. The van der Waals surface area contributed by atoms with E-state index in [-0.39, 0.29) is 17.8 Å². The molecule has 0 aliphatic carbocycles. The highest BCUT2D eigenvalue weighted by Gasteiger charge is 2.21. The van der Waals surface area contributed by atoms with Crippen molar-refractivity contribution in [2.45, 2.75) is 39.5 Å². The van der Waals surface area contributed by atoms with E-state index in [1.165, 1.54) is 26.0 Å². The second kappa shape index (κ2) is 9.64. The van der Waals surface area contributed by atoms with Crippen molar-refractivity contribution in [2.24, 2.45) is 0 Å². The fourth-order valence-electron chi connectivity index (χ4n) is 2.43. The molecule has 0 saturated carbocycles. The third-order valence-electron chi connectivity index (χ3n) is 4.11. The average molecular weight is 386 g/mol. The number of hydrogen-bond acceptors (Lipinski definition) is 4. The molecule has 0 aliphatic rings. The number of carbonyl (C=O) groups excluding carboxylic acids is 3. The van der Waals surface area contributed by atoms with Gasteiger partial charge >= 0.3 is 5.97 Å². The molecule has 148 valence electrons. The van der Waals surface area contributed by atoms with Gasteiger partial charge in [0.25, 0.3) is 5.91 Å². The number of esters is 1. The monoisotopic (exact) mass is 386 g/mol. The molecular weight excluding hydrogens is 363 g/mol. The van der Waals surface area contributed by atoms with E-state index >= 15 is 0 Å². The summed E-state index contributed by atoms with van der Waals surface area (Å²) in [5, 5.41) is 5.39. The van der Waals surface area contributed by atoms with Crippen LogP contribution in [0.3, 0.4) is 0 Å². The van der Waals surface area contributed by atoms with Crippen molar-refractivity contribution in [1.29, 1.82) is 0 Å². The van der Waals surface area contributed by atoms with Gasteiger partial charge in [0.15, 0.2) is 6.10 Å². The molecule has 6 nitrogen and oxygen atoms in total. The van der Waals surface area contributed by atoms with Gasteiger partial charge in [-0.05, 0) is 49.2 Å². The topological polar surface area (TPSA) is 84.5 Å². The van der Waals surface area contributed by atoms with Crippen molar-refractivity contribution < 1.29 is 23.5 Å². The first-order valence-electron chi connectivity index (χ1n) is 8.86. The van der Waals surface area contributed by atoms with Crippen LogP contribution in [0.1, 0.15) is 48.3 Å². The molecule has 0 bridgehead atoms. The predicted octanol–water partition coefficient (Wildman–Crippen LogP) is 2.88. The van der Waals surface area contributed by atoms with E-state index in [0.717, 1.165) is 11.1 Å². The summed E-state index contributed by atoms with van der Waals surface area (Å²) in [7, 11) is 0. The van der Waals surface area contributed by atoms with Crippen LogP contribution in [0.5, 0.6) is 0 Å². The summed E-state index contributed by atoms with van der Waals surface area (Å²) in [6.45, 7) is 5.03. The molecular formula is C21H23FN2O4. The van der Waals surface area contributed by atoms with Gasteiger partial charge in [0.1, 0.15) is 5.82 Å². The first-order chi connectivity index (χ1) is 13.3. The second-order valence-electron chi connectivity index (χ2n) is 6.44. The van der Waals surface area contributed by atoms with Crippen LogP contribution in [0.25, 0.3) is 0 Å². The van der Waals surface area contributed by atoms with Crippen molar-refractivity contribution >= 4 is 17.8 Å². The van der Waals surface area contributed by atoms with E-state index in [1.807, 2.05) is 0 Å². The number of hydrogen-bond donors (Lipinski definition) is 2. The second-order valence-corrected chi connectivity index (χ2v) is 6.44. The predicted molar refractivity (Wildman–Crippen MR) is 102 cm³/mol. The molecule has 7 heteroatoms. The van der Waals surface area contributed by atoms with Crippen LogP contribution in [0.4, 0.5) is 4.39 Å². The summed E-state index contributed by atoms with van der Waals surface area (Å²) < 4.78 is 18.2. The van der Waals surface area contributed by atoms with Gasteiger partial charge in [-0.15, -0.1) is 0 Å². The summed E-state index contributed by atoms with van der Waals surface area (Å²) in [5.74, 6) is -1.57. The average Bonchev–Trinajstić information content (AvgIpc) is 2.67. The Morgan fingerprint density at radius 2 is 1.61 bits per heavy atom. The summed E-state index contributed by atoms with van der Waals surface area (Å²) in [6, 6.07) is 12.0. The Balaban J connectivity index is 1.89. The van der Waals surface area contributed by atoms with Gasteiger partial charge < -0.3 is 15.4 Å². The van der Waals surface area contributed by atoms with Gasteiger partial charge in [-0.25, -0.2) is 9.18 Å². The molecule has 2 amide bonds. The molecule has 0 saturated heterocycles. The number of amides is 2. The molecule has 0 radical (unpaired) electrons. The van der Waals surface area contributed by atoms with Crippen LogP contribution in [0, 0.1) is 5.82 Å². The van der Waals surface area contributed by atoms with Gasteiger partial charge in [-0.2, -0.15) is 0 Å². The highest BCUT2D eigenvalue weighted by Crippen LogP contribution is 2.14. The van der Waals surface area contributed by atoms with Crippen molar-refractivity contribution in [3.63, 3.8) is 0 Å². The third kappa shape index (κ3) is 6.19. The zero-order valence-electron chi connectivity index (χ0n) is 16.0. The van der Waals surface area contributed by atoms with Gasteiger partial charge in [-0.3, -0.25) is 9.59 Å². The smallest absolute Gasteiger partial charge is 0.338 e. The number of carbonyl (C=O) groups is 3. The molecule has 2 N–H and O–H groups in total. The van der Waals surface area contributed by atoms with Crippen molar-refractivity contribution in [1.82, 2.24) is 10.6 Å². The molecule has 0 unspecified atom stereocenters. The zero-order valence-corrected chi connectivity index (χ0v) is 16.0. The van der Waals surface area contributed by atoms with Crippen molar-refractivity contribution in [3.05, 3.63) is 71.0 Å². The van der Waals surface area contributed by atoms with Crippen LogP contribution in [-0.4, -0.2) is 23.9 Å². The van der Waals surface area contributed by atoms with E-state index in [4.69, 9.17) is 4.74 Å². The highest BCUT2D eigenvalue weighted by atomic mass is 19.1. The Bertz CT molecular complexity index is 834. The SMILES string of the molecule is CC(=O)NCc1ccc(C(=O)O[C@H](C)C(=O)N[C@H](C)c2ccc(F)cc2)cc1. The lowest BCUT2D eigenvalue weighted by Gasteiger charge is -2.18. The van der Waals surface area contributed by atoms with E-state index in [1.54, 1.807) is 43.3 Å². The minimum absolute atomic E-state index is 0.141. The lowest BCUT2D eigenvalue weighted by atomic mass is 10.1. The molecule has 2 aromatic rings. The lowest BCUT2D eigenvalue weighted by molar-refractivity contribution is -0.129. The number of ether oxygens (including phenoxy) is 1. The van der Waals surface area contributed by atoms with Crippen LogP contribution in [0.2, 0.25) is 0 Å². The summed E-state index contributed by atoms with van der Waals surface area (Å²) in [4.78, 5) is 35.4. The standard InChI is InChI=1S/C21H23FN2O4/c1-13(17-8-10-19(22)11-9-17)24-20(26)14(2)28-21(27)18-6-4-16(5-7-18)12-23-15(3)25/h4-11,13-14H,12H2,1-3H3,(H,23,25)(H,24,26)/t13-,14-/m1/s1. The van der Waals surface area contributed by atoms with E-state index in [9.17, 15) is 18.8 Å². The lowest BCUT2D eigenvalue weighted by Crippen LogP contribution is -2.37. The third-order valence-corrected chi connectivity index (χ3v) is 4.11. The van der Waals surface area contributed by atoms with Crippen molar-refractivity contribution in [2.75, 3.05) is 0 Å². The maximum Gasteiger partial charge on any atom is 0.338 e. The first-order valence-corrected chi connectivity index (χ1v) is 8.86. The summed E-state index contributed by atoms with van der Waals surface area (Å²) >= 11 is 0. The number of nitrogens with one attached hydrogen (secondary N) is 2. The fourth-order valence-corrected chi connectivity index (χ4v) is 2.43. The van der Waals surface area contributed by atoms with Gasteiger partial charge in [0, 0.05) is 13.5 Å². The molecule has 0 spiro atoms. The van der Waals surface area contributed by atoms with Crippen LogP contribution in [0.15, 0.2) is 48.5 Å². The molecule has 0 heterocycles. The number of rotatable bonds is 7. The number of benzene rings is 2. The molecule has 0 aliphatic heterocycles. The maximum atomic E-state index is 13.0. The Morgan fingerprint density at radius 3 is 2.18 bits per heavy atom. The Labute approximate surface area is 163 Å². The molecule has 2 atom stereocenters. The van der Waals surface area contributed by atoms with Crippen LogP contribution in [-0.2, 0) is 20.9 Å². The molecule has 2 rings (SSSR count). The molecule has 2 aromatic carbocycles. The van der Waals surface area contributed by atoms with E-state index < -0.39 is 18.0 Å².